The zero-order valence-corrected chi connectivity index (χ0v) is 15.5. The van der Waals surface area contributed by atoms with Crippen LogP contribution in [-0.4, -0.2) is 57.5 Å². The van der Waals surface area contributed by atoms with Crippen LogP contribution in [0.25, 0.3) is 0 Å². The van der Waals surface area contributed by atoms with Crippen LogP contribution < -0.4 is 5.32 Å². The summed E-state index contributed by atoms with van der Waals surface area (Å²) in [5, 5.41) is 20.3. The number of β-lactam (4-membered cyclic amide) rings is 1. The first-order valence-electron chi connectivity index (χ1n) is 8.18. The Balaban J connectivity index is 1.74. The Kier molecular flexibility index (Phi) is 5.37. The van der Waals surface area contributed by atoms with Gasteiger partial charge >= 0.3 is 11.9 Å². The van der Waals surface area contributed by atoms with Crippen molar-refractivity contribution in [2.24, 2.45) is 0 Å². The molecule has 2 atom stereocenters. The Labute approximate surface area is 163 Å². The van der Waals surface area contributed by atoms with Crippen molar-refractivity contribution in [1.82, 2.24) is 10.2 Å². The highest BCUT2D eigenvalue weighted by molar-refractivity contribution is 8.00. The zero-order chi connectivity index (χ0) is 20.4. The molecule has 9 nitrogen and oxygen atoms in total. The fourth-order valence-corrected chi connectivity index (χ4v) is 4.23. The minimum absolute atomic E-state index is 0.206. The number of carboxylic acid groups (broad SMARTS) is 1. The Morgan fingerprint density at radius 2 is 2.04 bits per heavy atom. The summed E-state index contributed by atoms with van der Waals surface area (Å²) in [5.74, 6) is -2.62. The summed E-state index contributed by atoms with van der Waals surface area (Å²) in [6, 6.07) is 7.02. The third-order valence-corrected chi connectivity index (χ3v) is 5.60. The number of nitrogens with one attached hydrogen (secondary N) is 1. The molecular formula is C18H15N3O6S. The second-order valence-electron chi connectivity index (χ2n) is 6.09. The average molecular weight is 401 g/mol. The predicted molar refractivity (Wildman–Crippen MR) is 96.8 cm³/mol. The SMILES string of the molecule is CC(=O)OCC1=C(C(=O)O)N2C(=O)[C@H](NC(=O)c3ccc(C#N)cc3)[C@H]2SC1. The number of aliphatic carboxylic acids is 1. The molecular weight excluding hydrogens is 386 g/mol. The topological polar surface area (TPSA) is 137 Å². The van der Waals surface area contributed by atoms with E-state index in [9.17, 15) is 24.3 Å². The van der Waals surface area contributed by atoms with Crippen LogP contribution in [0.5, 0.6) is 0 Å². The number of thioether (sulfide) groups is 1. The first kappa shape index (κ1) is 19.4. The van der Waals surface area contributed by atoms with Crippen molar-refractivity contribution >= 4 is 35.5 Å². The summed E-state index contributed by atoms with van der Waals surface area (Å²) in [6.45, 7) is 1.01. The summed E-state index contributed by atoms with van der Waals surface area (Å²) in [6.07, 6.45) is 0. The monoisotopic (exact) mass is 401 g/mol. The Bertz CT molecular complexity index is 934. The van der Waals surface area contributed by atoms with Crippen LogP contribution in [0.15, 0.2) is 35.5 Å². The third kappa shape index (κ3) is 3.57. The van der Waals surface area contributed by atoms with E-state index in [0.717, 1.165) is 4.90 Å². The number of esters is 1. The maximum Gasteiger partial charge on any atom is 0.352 e. The molecule has 10 heteroatoms. The molecule has 2 aliphatic heterocycles. The molecule has 0 saturated carbocycles. The van der Waals surface area contributed by atoms with E-state index in [1.54, 1.807) is 0 Å². The van der Waals surface area contributed by atoms with Crippen LogP contribution in [0.3, 0.4) is 0 Å². The van der Waals surface area contributed by atoms with Crippen LogP contribution in [-0.2, 0) is 19.1 Å². The number of carbonyl (C=O) groups excluding carboxylic acids is 3. The van der Waals surface area contributed by atoms with E-state index in [4.69, 9.17) is 10.00 Å². The molecule has 0 bridgehead atoms. The fraction of sp³-hybridized carbons (Fsp3) is 0.278. The molecule has 1 fully saturated rings. The van der Waals surface area contributed by atoms with E-state index in [1.165, 1.54) is 43.0 Å². The van der Waals surface area contributed by atoms with Crippen molar-refractivity contribution < 1.29 is 29.0 Å². The maximum atomic E-state index is 12.5. The molecule has 2 aliphatic rings. The van der Waals surface area contributed by atoms with Crippen molar-refractivity contribution in [3.05, 3.63) is 46.7 Å². The molecule has 1 aromatic carbocycles. The zero-order valence-electron chi connectivity index (χ0n) is 14.7. The summed E-state index contributed by atoms with van der Waals surface area (Å²) < 4.78 is 4.87. The number of benzene rings is 1. The molecule has 3 rings (SSSR count). The summed E-state index contributed by atoms with van der Waals surface area (Å²) in [4.78, 5) is 48.6. The highest BCUT2D eigenvalue weighted by Crippen LogP contribution is 2.40. The first-order valence-corrected chi connectivity index (χ1v) is 9.22. The lowest BCUT2D eigenvalue weighted by Gasteiger charge is -2.49. The van der Waals surface area contributed by atoms with Gasteiger partial charge in [-0.2, -0.15) is 5.26 Å². The third-order valence-electron chi connectivity index (χ3n) is 4.26. The summed E-state index contributed by atoms with van der Waals surface area (Å²) >= 11 is 1.28. The van der Waals surface area contributed by atoms with Gasteiger partial charge in [-0.15, -0.1) is 11.8 Å². The van der Waals surface area contributed by atoms with Gasteiger partial charge in [-0.05, 0) is 24.3 Å². The van der Waals surface area contributed by atoms with Gasteiger partial charge in [-0.3, -0.25) is 19.3 Å². The number of hydrogen-bond acceptors (Lipinski definition) is 7. The minimum Gasteiger partial charge on any atom is -0.477 e. The van der Waals surface area contributed by atoms with Gasteiger partial charge in [-0.1, -0.05) is 0 Å². The number of amides is 2. The quantitative estimate of drug-likeness (QED) is 0.537. The highest BCUT2D eigenvalue weighted by Gasteiger charge is 2.54. The first-order chi connectivity index (χ1) is 13.3. The van der Waals surface area contributed by atoms with E-state index in [1.807, 2.05) is 6.07 Å². The predicted octanol–water partition coefficient (Wildman–Crippen LogP) is 0.474. The van der Waals surface area contributed by atoms with Crippen molar-refractivity contribution in [2.75, 3.05) is 12.4 Å². The van der Waals surface area contributed by atoms with Gasteiger partial charge in [0, 0.05) is 23.8 Å². The van der Waals surface area contributed by atoms with Crippen LogP contribution in [0.1, 0.15) is 22.8 Å². The van der Waals surface area contributed by atoms with Gasteiger partial charge in [-0.25, -0.2) is 4.79 Å². The second-order valence-corrected chi connectivity index (χ2v) is 7.19. The molecule has 144 valence electrons. The highest BCUT2D eigenvalue weighted by atomic mass is 32.2. The van der Waals surface area contributed by atoms with E-state index in [2.05, 4.69) is 5.32 Å². The number of carbonyl (C=O) groups is 4. The number of fused-ring (bicyclic) bond motifs is 1. The van der Waals surface area contributed by atoms with E-state index in [0.29, 0.717) is 11.1 Å². The molecule has 0 spiro atoms. The van der Waals surface area contributed by atoms with E-state index < -0.39 is 35.2 Å². The summed E-state index contributed by atoms with van der Waals surface area (Å²) in [5.41, 5.74) is 0.811. The van der Waals surface area contributed by atoms with Gasteiger partial charge in [0.15, 0.2) is 0 Å². The number of nitriles is 1. The van der Waals surface area contributed by atoms with E-state index >= 15 is 0 Å². The molecule has 28 heavy (non-hydrogen) atoms. The van der Waals surface area contributed by atoms with Gasteiger partial charge in [0.2, 0.25) is 0 Å². The van der Waals surface area contributed by atoms with Crippen LogP contribution in [0.2, 0.25) is 0 Å². The number of ether oxygens (including phenoxy) is 1. The van der Waals surface area contributed by atoms with Crippen molar-refractivity contribution in [3.8, 4) is 6.07 Å². The van der Waals surface area contributed by atoms with Gasteiger partial charge in [0.05, 0.1) is 11.6 Å². The molecule has 1 saturated heterocycles. The Morgan fingerprint density at radius 1 is 1.36 bits per heavy atom. The van der Waals surface area contributed by atoms with Crippen molar-refractivity contribution in [2.45, 2.75) is 18.3 Å². The smallest absolute Gasteiger partial charge is 0.352 e. The maximum absolute atomic E-state index is 12.5. The van der Waals surface area contributed by atoms with Crippen LogP contribution in [0.4, 0.5) is 0 Å². The van der Waals surface area contributed by atoms with E-state index in [-0.39, 0.29) is 23.6 Å². The lowest BCUT2D eigenvalue weighted by molar-refractivity contribution is -0.149. The molecule has 2 amide bonds. The average Bonchev–Trinajstić information content (AvgIpc) is 2.69. The number of nitrogens with zero attached hydrogens (tertiary/aromatic N) is 2. The number of hydrogen-bond donors (Lipinski definition) is 2. The van der Waals surface area contributed by atoms with Gasteiger partial charge < -0.3 is 15.2 Å². The van der Waals surface area contributed by atoms with Crippen LogP contribution >= 0.6 is 11.8 Å². The minimum atomic E-state index is -1.29. The molecule has 0 radical (unpaired) electrons. The lowest BCUT2D eigenvalue weighted by Crippen LogP contribution is -2.70. The molecule has 1 aromatic rings. The summed E-state index contributed by atoms with van der Waals surface area (Å²) in [7, 11) is 0. The van der Waals surface area contributed by atoms with Crippen molar-refractivity contribution in [3.63, 3.8) is 0 Å². The van der Waals surface area contributed by atoms with Crippen LogP contribution in [0, 0.1) is 11.3 Å². The van der Waals surface area contributed by atoms with Crippen molar-refractivity contribution in [1.29, 1.82) is 5.26 Å². The fourth-order valence-electron chi connectivity index (χ4n) is 2.90. The normalized spacial score (nSPS) is 20.6. The number of rotatable bonds is 5. The Morgan fingerprint density at radius 3 is 2.61 bits per heavy atom. The lowest BCUT2D eigenvalue weighted by atomic mass is 10.0. The molecule has 0 aliphatic carbocycles. The second kappa shape index (κ2) is 7.74. The molecule has 2 N–H and O–H groups in total. The molecule has 0 aromatic heterocycles. The number of carboxylic acids is 1. The molecule has 0 unspecified atom stereocenters. The van der Waals surface area contributed by atoms with Gasteiger partial charge in [0.25, 0.3) is 11.8 Å². The molecule has 2 heterocycles. The largest absolute Gasteiger partial charge is 0.477 e. The standard InChI is InChI=1S/C18H15N3O6S/c1-9(22)27-7-12-8-28-17-13(16(24)21(17)14(12)18(25)26)20-15(23)11-4-2-10(6-19)3-5-11/h2-5,13,17H,7-8H2,1H3,(H,20,23)(H,25,26)/t13-,17+/m0/s1. The Hall–Kier alpha value is -3.32. The van der Waals surface area contributed by atoms with Gasteiger partial charge in [0.1, 0.15) is 23.7 Å².